The van der Waals surface area contributed by atoms with E-state index in [0.29, 0.717) is 0 Å². The summed E-state index contributed by atoms with van der Waals surface area (Å²) < 4.78 is 1.87. The number of nitrogens with zero attached hydrogens (tertiary/aromatic N) is 6. The third kappa shape index (κ3) is 3.37. The van der Waals surface area contributed by atoms with Crippen molar-refractivity contribution in [1.82, 2.24) is 24.6 Å². The summed E-state index contributed by atoms with van der Waals surface area (Å²) in [5.41, 5.74) is 8.17. The fourth-order valence-electron chi connectivity index (χ4n) is 4.75. The quantitative estimate of drug-likeness (QED) is 0.497. The van der Waals surface area contributed by atoms with E-state index in [9.17, 15) is 0 Å². The molecule has 6 heteroatoms. The van der Waals surface area contributed by atoms with Crippen LogP contribution in [0.3, 0.4) is 0 Å². The average molecular weight is 425 g/mol. The highest BCUT2D eigenvalue weighted by Gasteiger charge is 2.20. The zero-order valence-corrected chi connectivity index (χ0v) is 18.5. The van der Waals surface area contributed by atoms with E-state index < -0.39 is 0 Å². The molecular formula is C26H28N6. The molecule has 6 nitrogen and oxygen atoms in total. The number of hydrogen-bond acceptors (Lipinski definition) is 5. The molecule has 3 aromatic heterocycles. The Kier molecular flexibility index (Phi) is 4.54. The molecule has 0 atom stereocenters. The van der Waals surface area contributed by atoms with Crippen molar-refractivity contribution in [2.24, 2.45) is 7.05 Å². The van der Waals surface area contributed by atoms with Gasteiger partial charge in [0.1, 0.15) is 5.82 Å². The molecule has 0 radical (unpaired) electrons. The van der Waals surface area contributed by atoms with Crippen LogP contribution in [0.25, 0.3) is 27.6 Å². The van der Waals surface area contributed by atoms with Gasteiger partial charge in [-0.25, -0.2) is 4.98 Å². The summed E-state index contributed by atoms with van der Waals surface area (Å²) in [6, 6.07) is 13.1. The van der Waals surface area contributed by atoms with Crippen LogP contribution in [-0.4, -0.2) is 57.9 Å². The van der Waals surface area contributed by atoms with Crippen molar-refractivity contribution in [2.45, 2.75) is 6.42 Å². The molecule has 1 aliphatic carbocycles. The first-order valence-electron chi connectivity index (χ1n) is 11.2. The maximum atomic E-state index is 4.82. The van der Waals surface area contributed by atoms with E-state index in [1.54, 1.807) is 0 Å². The number of aromatic nitrogens is 4. The number of aryl methyl sites for hydroxylation is 1. The number of hydrogen-bond donors (Lipinski definition) is 0. The molecule has 0 amide bonds. The number of likely N-dealkylation sites (N-methyl/N-ethyl adjacent to an activating group) is 1. The highest BCUT2D eigenvalue weighted by atomic mass is 15.3. The third-order valence-electron chi connectivity index (χ3n) is 6.60. The summed E-state index contributed by atoms with van der Waals surface area (Å²) >= 11 is 0. The van der Waals surface area contributed by atoms with Gasteiger partial charge in [0.05, 0.1) is 11.2 Å². The summed E-state index contributed by atoms with van der Waals surface area (Å²) in [6.45, 7) is 4.17. The van der Waals surface area contributed by atoms with Crippen molar-refractivity contribution >= 4 is 22.3 Å². The molecule has 1 aromatic carbocycles. The van der Waals surface area contributed by atoms with Crippen molar-refractivity contribution in [3.05, 3.63) is 77.9 Å². The van der Waals surface area contributed by atoms with E-state index in [1.165, 1.54) is 16.7 Å². The van der Waals surface area contributed by atoms with Gasteiger partial charge in [0.15, 0.2) is 0 Å². The normalized spacial score (nSPS) is 16.4. The Bertz CT molecular complexity index is 1350. The molecule has 0 unspecified atom stereocenters. The van der Waals surface area contributed by atoms with Crippen LogP contribution >= 0.6 is 0 Å². The second-order valence-electron chi connectivity index (χ2n) is 8.81. The minimum absolute atomic E-state index is 0. The molecule has 0 bridgehead atoms. The summed E-state index contributed by atoms with van der Waals surface area (Å²) in [4.78, 5) is 14.2. The van der Waals surface area contributed by atoms with E-state index in [1.807, 2.05) is 24.1 Å². The second-order valence-corrected chi connectivity index (χ2v) is 8.81. The summed E-state index contributed by atoms with van der Waals surface area (Å²) in [7, 11) is 4.14. The van der Waals surface area contributed by atoms with Gasteiger partial charge < -0.3 is 9.80 Å². The summed E-state index contributed by atoms with van der Waals surface area (Å²) in [6.07, 6.45) is 9.16. The smallest absolute Gasteiger partial charge is 0.129 e. The molecule has 0 N–H and O–H groups in total. The molecule has 162 valence electrons. The Morgan fingerprint density at radius 3 is 2.62 bits per heavy atom. The third-order valence-corrected chi connectivity index (χ3v) is 6.60. The molecule has 1 saturated heterocycles. The lowest BCUT2D eigenvalue weighted by Crippen LogP contribution is -2.44. The van der Waals surface area contributed by atoms with E-state index in [-0.39, 0.29) is 1.43 Å². The van der Waals surface area contributed by atoms with Crippen LogP contribution in [0.4, 0.5) is 5.82 Å². The number of rotatable bonds is 3. The molecule has 4 aromatic rings. The van der Waals surface area contributed by atoms with Gasteiger partial charge in [-0.2, -0.15) is 5.10 Å². The van der Waals surface area contributed by atoms with Crippen LogP contribution in [0.15, 0.2) is 61.1 Å². The van der Waals surface area contributed by atoms with Crippen LogP contribution in [0.1, 0.15) is 18.2 Å². The minimum Gasteiger partial charge on any atom is -0.354 e. The lowest BCUT2D eigenvalue weighted by atomic mass is 9.97. The van der Waals surface area contributed by atoms with Crippen molar-refractivity contribution in [3.63, 3.8) is 0 Å². The highest BCUT2D eigenvalue weighted by Crippen LogP contribution is 2.35. The zero-order chi connectivity index (χ0) is 21.7. The van der Waals surface area contributed by atoms with Crippen LogP contribution in [0, 0.1) is 0 Å². The van der Waals surface area contributed by atoms with Gasteiger partial charge in [0.25, 0.3) is 0 Å². The number of allylic oxidation sites excluding steroid dienone is 1. The van der Waals surface area contributed by atoms with Gasteiger partial charge in [-0.3, -0.25) is 9.67 Å². The zero-order valence-electron chi connectivity index (χ0n) is 18.5. The molecule has 32 heavy (non-hydrogen) atoms. The fourth-order valence-corrected chi connectivity index (χ4v) is 4.75. The van der Waals surface area contributed by atoms with Crippen molar-refractivity contribution < 1.29 is 1.43 Å². The van der Waals surface area contributed by atoms with E-state index in [0.717, 1.165) is 66.1 Å². The van der Waals surface area contributed by atoms with Crippen molar-refractivity contribution in [3.8, 4) is 11.1 Å². The predicted octanol–water partition coefficient (Wildman–Crippen LogP) is 4.02. The largest absolute Gasteiger partial charge is 0.354 e. The number of fused-ring (bicyclic) bond motifs is 2. The van der Waals surface area contributed by atoms with Crippen LogP contribution in [0.5, 0.6) is 0 Å². The SMILES string of the molecule is CN1CCN(c2cc(-c3cnc4c(c3)C(c3ccc5nn(C)cc5c3)=CC4)ccn2)CC1.[HH]. The van der Waals surface area contributed by atoms with E-state index >= 15 is 0 Å². The fraction of sp³-hybridized carbons (Fsp3) is 0.269. The summed E-state index contributed by atoms with van der Waals surface area (Å²) in [5.74, 6) is 1.05. The van der Waals surface area contributed by atoms with Crippen molar-refractivity contribution in [1.29, 1.82) is 0 Å². The molecular weight excluding hydrogens is 396 g/mol. The van der Waals surface area contributed by atoms with Crippen molar-refractivity contribution in [2.75, 3.05) is 38.1 Å². The topological polar surface area (TPSA) is 50.1 Å². The molecule has 4 heterocycles. The van der Waals surface area contributed by atoms with Gasteiger partial charge in [0.2, 0.25) is 0 Å². The maximum absolute atomic E-state index is 4.82. The van der Waals surface area contributed by atoms with Crippen LogP contribution in [-0.2, 0) is 13.5 Å². The first-order chi connectivity index (χ1) is 15.6. The second kappa shape index (κ2) is 7.57. The van der Waals surface area contributed by atoms with Gasteiger partial charge in [0, 0.05) is 76.2 Å². The highest BCUT2D eigenvalue weighted by molar-refractivity contribution is 5.90. The maximum Gasteiger partial charge on any atom is 0.129 e. The molecule has 0 spiro atoms. The Morgan fingerprint density at radius 1 is 0.875 bits per heavy atom. The Hall–Kier alpha value is -3.51. The van der Waals surface area contributed by atoms with Gasteiger partial charge in [-0.15, -0.1) is 0 Å². The Balaban J connectivity index is 0.00000228. The van der Waals surface area contributed by atoms with Gasteiger partial charge >= 0.3 is 0 Å². The minimum atomic E-state index is 0. The standard InChI is InChI=1S/C26H26N6.H2/c1-30-9-11-32(12-10-30)26-15-18(7-8-27-26)20-14-23-22(4-6-25(23)28-16-20)19-3-5-24-21(13-19)17-31(2)29-24;/h3-5,7-8,13-17H,6,9-12H2,1-2H3;1H. The van der Waals surface area contributed by atoms with Crippen LogP contribution in [0.2, 0.25) is 0 Å². The first kappa shape index (κ1) is 19.2. The number of benzene rings is 1. The van der Waals surface area contributed by atoms with Gasteiger partial charge in [-0.05, 0) is 54.1 Å². The monoisotopic (exact) mass is 424 g/mol. The Labute approximate surface area is 189 Å². The van der Waals surface area contributed by atoms with E-state index in [4.69, 9.17) is 4.98 Å². The molecule has 2 aliphatic rings. The number of anilines is 1. The molecule has 1 fully saturated rings. The number of piperazine rings is 1. The Morgan fingerprint density at radius 2 is 1.75 bits per heavy atom. The van der Waals surface area contributed by atoms with Crippen LogP contribution < -0.4 is 4.90 Å². The van der Waals surface area contributed by atoms with E-state index in [2.05, 4.69) is 75.6 Å². The lowest BCUT2D eigenvalue weighted by molar-refractivity contribution is 0.312. The first-order valence-corrected chi connectivity index (χ1v) is 11.2. The average Bonchev–Trinajstić information content (AvgIpc) is 3.41. The molecule has 1 aliphatic heterocycles. The number of pyridine rings is 2. The molecule has 0 saturated carbocycles. The van der Waals surface area contributed by atoms with Gasteiger partial charge in [-0.1, -0.05) is 12.1 Å². The summed E-state index contributed by atoms with van der Waals surface area (Å²) in [5, 5.41) is 5.66. The predicted molar refractivity (Wildman–Crippen MR) is 131 cm³/mol. The molecule has 6 rings (SSSR count). The lowest BCUT2D eigenvalue weighted by Gasteiger charge is -2.33.